The first-order valence-electron chi connectivity index (χ1n) is 15.7. The number of esters is 1. The monoisotopic (exact) mass is 640 g/mol. The van der Waals surface area contributed by atoms with E-state index in [1.165, 1.54) is 12.0 Å². The third kappa shape index (κ3) is 8.96. The van der Waals surface area contributed by atoms with Crippen molar-refractivity contribution in [3.63, 3.8) is 0 Å². The molecule has 0 radical (unpaired) electrons. The Morgan fingerprint density at radius 3 is 2.27 bits per heavy atom. The summed E-state index contributed by atoms with van der Waals surface area (Å²) in [5.41, 5.74) is 1.60. The lowest BCUT2D eigenvalue weighted by molar-refractivity contribution is -0.151. The Morgan fingerprint density at radius 2 is 1.69 bits per heavy atom. The maximum atomic E-state index is 14.3. The van der Waals surface area contributed by atoms with Crippen LogP contribution < -0.4 is 5.32 Å². The van der Waals surface area contributed by atoms with E-state index in [9.17, 15) is 22.8 Å². The van der Waals surface area contributed by atoms with Gasteiger partial charge in [-0.1, -0.05) is 80.4 Å². The molecular weight excluding hydrogens is 592 g/mol. The SMILES string of the molecule is C=CCCCCC[C@H](NC(=O)OC(C)(C)C)C(=O)N1C[C@@](c2ccc(-c3ccccc3)cc2)(S(=O)(=O)CCC)C[C@H]1C(=O)OC. The molecule has 2 aromatic rings. The van der Waals surface area contributed by atoms with Crippen LogP contribution in [0.2, 0.25) is 0 Å². The second-order valence-electron chi connectivity index (χ2n) is 12.6. The number of sulfone groups is 1. The number of allylic oxidation sites excluding steroid dienone is 1. The van der Waals surface area contributed by atoms with Gasteiger partial charge in [-0.05, 0) is 63.1 Å². The summed E-state index contributed by atoms with van der Waals surface area (Å²) in [5, 5.41) is 2.70. The fraction of sp³-hybridized carbons (Fsp3) is 0.514. The van der Waals surface area contributed by atoms with Crippen molar-refractivity contribution in [3.8, 4) is 11.1 Å². The van der Waals surface area contributed by atoms with E-state index in [0.717, 1.165) is 30.4 Å². The zero-order chi connectivity index (χ0) is 33.3. The molecule has 9 nitrogen and oxygen atoms in total. The van der Waals surface area contributed by atoms with Crippen molar-refractivity contribution in [2.45, 2.75) is 95.1 Å². The van der Waals surface area contributed by atoms with Crippen LogP contribution in [0.25, 0.3) is 11.1 Å². The standard InChI is InChI=1S/C35H48N2O7S/c1-7-9-10-11-15-18-29(36-33(40)44-34(3,4)5)31(38)37-25-35(45(41,42)23-8-2,24-30(37)32(39)43-6)28-21-19-27(20-22-28)26-16-13-12-14-17-26/h7,12-14,16-17,19-22,29-30H,1,8-11,15,18,23-25H2,2-6H3,(H,36,40)/t29-,30-,35-/m0/s1. The molecule has 45 heavy (non-hydrogen) atoms. The lowest BCUT2D eigenvalue weighted by Gasteiger charge is -2.31. The summed E-state index contributed by atoms with van der Waals surface area (Å²) in [4.78, 5) is 41.6. The predicted octanol–water partition coefficient (Wildman–Crippen LogP) is 6.18. The first-order valence-corrected chi connectivity index (χ1v) is 17.3. The van der Waals surface area contributed by atoms with Crippen LogP contribution in [0.5, 0.6) is 0 Å². The van der Waals surface area contributed by atoms with Crippen molar-refractivity contribution in [1.29, 1.82) is 0 Å². The van der Waals surface area contributed by atoms with Crippen molar-refractivity contribution in [1.82, 2.24) is 10.2 Å². The van der Waals surface area contributed by atoms with E-state index >= 15 is 0 Å². The molecule has 0 saturated carbocycles. The molecule has 0 unspecified atom stereocenters. The lowest BCUT2D eigenvalue weighted by Crippen LogP contribution is -2.53. The van der Waals surface area contributed by atoms with E-state index in [0.29, 0.717) is 24.8 Å². The smallest absolute Gasteiger partial charge is 0.408 e. The van der Waals surface area contributed by atoms with Gasteiger partial charge < -0.3 is 19.7 Å². The fourth-order valence-electron chi connectivity index (χ4n) is 5.85. The molecule has 1 N–H and O–H groups in total. The summed E-state index contributed by atoms with van der Waals surface area (Å²) in [5.74, 6) is -1.37. The number of amides is 2. The highest BCUT2D eigenvalue weighted by molar-refractivity contribution is 7.92. The zero-order valence-corrected chi connectivity index (χ0v) is 28.0. The topological polar surface area (TPSA) is 119 Å². The highest BCUT2D eigenvalue weighted by Crippen LogP contribution is 2.44. The van der Waals surface area contributed by atoms with Crippen molar-refractivity contribution in [3.05, 3.63) is 72.8 Å². The number of hydrogen-bond donors (Lipinski definition) is 1. The Morgan fingerprint density at radius 1 is 1.04 bits per heavy atom. The molecule has 3 atom stereocenters. The van der Waals surface area contributed by atoms with Crippen LogP contribution in [0.1, 0.15) is 78.2 Å². The zero-order valence-electron chi connectivity index (χ0n) is 27.2. The van der Waals surface area contributed by atoms with Crippen molar-refractivity contribution < 1.29 is 32.3 Å². The van der Waals surface area contributed by atoms with Crippen molar-refractivity contribution in [2.24, 2.45) is 0 Å². The molecule has 246 valence electrons. The highest BCUT2D eigenvalue weighted by Gasteiger charge is 2.57. The Bertz CT molecular complexity index is 1420. The van der Waals surface area contributed by atoms with Gasteiger partial charge in [-0.25, -0.2) is 18.0 Å². The number of carbonyl (C=O) groups is 3. The molecule has 0 aliphatic carbocycles. The molecule has 2 aromatic carbocycles. The Hall–Kier alpha value is -3.66. The van der Waals surface area contributed by atoms with Gasteiger partial charge >= 0.3 is 12.1 Å². The number of rotatable bonds is 14. The lowest BCUT2D eigenvalue weighted by atomic mass is 9.93. The van der Waals surface area contributed by atoms with Gasteiger partial charge in [0, 0.05) is 13.0 Å². The summed E-state index contributed by atoms with van der Waals surface area (Å²) in [6.45, 7) is 10.5. The largest absolute Gasteiger partial charge is 0.467 e. The van der Waals surface area contributed by atoms with Crippen LogP contribution in [-0.2, 0) is 33.6 Å². The average molecular weight is 641 g/mol. The van der Waals surface area contributed by atoms with Crippen LogP contribution in [0.15, 0.2) is 67.3 Å². The number of alkyl carbamates (subject to hydrolysis) is 1. The number of methoxy groups -OCH3 is 1. The number of nitrogens with one attached hydrogen (secondary N) is 1. The summed E-state index contributed by atoms with van der Waals surface area (Å²) in [6, 6.07) is 14.8. The maximum absolute atomic E-state index is 14.3. The molecule has 0 aromatic heterocycles. The molecule has 0 spiro atoms. The number of ether oxygens (including phenoxy) is 2. The molecule has 1 aliphatic heterocycles. The predicted molar refractivity (Wildman–Crippen MR) is 176 cm³/mol. The van der Waals surface area contributed by atoms with E-state index in [1.54, 1.807) is 39.8 Å². The maximum Gasteiger partial charge on any atom is 0.408 e. The third-order valence-electron chi connectivity index (χ3n) is 8.06. The quantitative estimate of drug-likeness (QED) is 0.149. The van der Waals surface area contributed by atoms with E-state index in [4.69, 9.17) is 9.47 Å². The summed E-state index contributed by atoms with van der Waals surface area (Å²) in [6.07, 6.45) is 4.70. The summed E-state index contributed by atoms with van der Waals surface area (Å²) in [7, 11) is -2.65. The molecule has 1 fully saturated rings. The number of carbonyl (C=O) groups excluding carboxylic acids is 3. The Kier molecular flexibility index (Phi) is 12.4. The number of likely N-dealkylation sites (tertiary alicyclic amines) is 1. The number of hydrogen-bond acceptors (Lipinski definition) is 7. The highest BCUT2D eigenvalue weighted by atomic mass is 32.2. The van der Waals surface area contributed by atoms with Gasteiger partial charge in [0.2, 0.25) is 5.91 Å². The van der Waals surface area contributed by atoms with Crippen LogP contribution >= 0.6 is 0 Å². The molecule has 1 heterocycles. The van der Waals surface area contributed by atoms with E-state index in [-0.39, 0.29) is 18.7 Å². The minimum Gasteiger partial charge on any atom is -0.467 e. The third-order valence-corrected chi connectivity index (χ3v) is 10.7. The second kappa shape index (κ2) is 15.6. The molecule has 0 bridgehead atoms. The normalized spacial score (nSPS) is 19.0. The molecule has 1 saturated heterocycles. The second-order valence-corrected chi connectivity index (χ2v) is 15.0. The van der Waals surface area contributed by atoms with Gasteiger partial charge in [-0.15, -0.1) is 6.58 Å². The minimum absolute atomic E-state index is 0.119. The first-order chi connectivity index (χ1) is 21.3. The molecule has 1 aliphatic rings. The van der Waals surface area contributed by atoms with Crippen LogP contribution in [0.4, 0.5) is 4.79 Å². The Balaban J connectivity index is 2.04. The van der Waals surface area contributed by atoms with E-state index in [1.807, 2.05) is 48.5 Å². The van der Waals surface area contributed by atoms with Crippen LogP contribution in [-0.4, -0.2) is 68.4 Å². The van der Waals surface area contributed by atoms with Gasteiger partial charge in [0.1, 0.15) is 22.4 Å². The molecule has 10 heteroatoms. The minimum atomic E-state index is -3.87. The van der Waals surface area contributed by atoms with Crippen molar-refractivity contribution in [2.75, 3.05) is 19.4 Å². The summed E-state index contributed by atoms with van der Waals surface area (Å²) >= 11 is 0. The van der Waals surface area contributed by atoms with Gasteiger partial charge in [0.15, 0.2) is 9.84 Å². The van der Waals surface area contributed by atoms with Crippen LogP contribution in [0, 0.1) is 0 Å². The molecule has 2 amide bonds. The number of nitrogens with zero attached hydrogens (tertiary/aromatic N) is 1. The van der Waals surface area contributed by atoms with Gasteiger partial charge in [0.05, 0.1) is 12.9 Å². The van der Waals surface area contributed by atoms with Crippen LogP contribution in [0.3, 0.4) is 0 Å². The van der Waals surface area contributed by atoms with E-state index in [2.05, 4.69) is 11.9 Å². The molecular formula is C35H48N2O7S. The van der Waals surface area contributed by atoms with Crippen molar-refractivity contribution >= 4 is 27.8 Å². The number of benzene rings is 2. The fourth-order valence-corrected chi connectivity index (χ4v) is 8.02. The van der Waals surface area contributed by atoms with Gasteiger partial charge in [0.25, 0.3) is 0 Å². The van der Waals surface area contributed by atoms with E-state index < -0.39 is 50.2 Å². The Labute approximate surface area is 268 Å². The van der Waals surface area contributed by atoms with Gasteiger partial charge in [-0.2, -0.15) is 0 Å². The number of unbranched alkanes of at least 4 members (excludes halogenated alkanes) is 3. The first kappa shape index (κ1) is 35.8. The van der Waals surface area contributed by atoms with Gasteiger partial charge in [-0.3, -0.25) is 4.79 Å². The molecule has 3 rings (SSSR count). The average Bonchev–Trinajstić information content (AvgIpc) is 3.42. The summed E-state index contributed by atoms with van der Waals surface area (Å²) < 4.78 is 37.2.